The van der Waals surface area contributed by atoms with Gasteiger partial charge in [-0.3, -0.25) is 9.59 Å². The van der Waals surface area contributed by atoms with E-state index in [4.69, 9.17) is 16.2 Å². The van der Waals surface area contributed by atoms with Crippen LogP contribution in [0.4, 0.5) is 18.9 Å². The van der Waals surface area contributed by atoms with E-state index in [2.05, 4.69) is 10.4 Å². The summed E-state index contributed by atoms with van der Waals surface area (Å²) in [5.74, 6) is -1.11. The molecule has 1 aromatic heterocycles. The number of ether oxygens (including phenoxy) is 1. The Hall–Kier alpha value is -3.08. The number of carbonyl (C=O) groups excluding carboxylic acids is 2. The van der Waals surface area contributed by atoms with Crippen LogP contribution in [0.5, 0.6) is 0 Å². The van der Waals surface area contributed by atoms with E-state index in [1.807, 2.05) is 13.8 Å². The summed E-state index contributed by atoms with van der Waals surface area (Å²) in [5.41, 5.74) is 11.3. The highest BCUT2D eigenvalue weighted by molar-refractivity contribution is 5.99. The largest absolute Gasteiger partial charge is 0.459 e. The third kappa shape index (κ3) is 4.93. The maximum atomic E-state index is 13.9. The van der Waals surface area contributed by atoms with Gasteiger partial charge in [0, 0.05) is 16.9 Å². The molecule has 0 aliphatic heterocycles. The maximum absolute atomic E-state index is 13.9. The standard InChI is InChI=1S/C26H32F3N5O3/c1-24(2)9-8-16-19(13-24)34(33-21(16)26(27,28)29)14-6-7-15(22(30)35)18(12-14)32-17-4-3-5-20(17)37-23(36)25(31)10-11-25/h6-7,12,17,20,32H,3-5,8-11,13,31H2,1-2H3,(H2,30,35). The van der Waals surface area contributed by atoms with Crippen LogP contribution in [-0.4, -0.2) is 39.3 Å². The van der Waals surface area contributed by atoms with E-state index in [1.54, 1.807) is 12.1 Å². The van der Waals surface area contributed by atoms with Gasteiger partial charge in [-0.2, -0.15) is 18.3 Å². The molecule has 1 aromatic carbocycles. The van der Waals surface area contributed by atoms with Gasteiger partial charge in [0.2, 0.25) is 0 Å². The molecule has 8 nitrogen and oxygen atoms in total. The minimum absolute atomic E-state index is 0.176. The van der Waals surface area contributed by atoms with E-state index < -0.39 is 35.4 Å². The number of esters is 1. The molecular weight excluding hydrogens is 487 g/mol. The lowest BCUT2D eigenvalue weighted by atomic mass is 9.76. The highest BCUT2D eigenvalue weighted by atomic mass is 19.4. The molecule has 2 fully saturated rings. The van der Waals surface area contributed by atoms with Crippen LogP contribution in [0.1, 0.15) is 79.7 Å². The average Bonchev–Trinajstić information content (AvgIpc) is 3.23. The zero-order valence-corrected chi connectivity index (χ0v) is 21.0. The molecule has 3 aliphatic carbocycles. The minimum atomic E-state index is -4.58. The summed E-state index contributed by atoms with van der Waals surface area (Å²) < 4.78 is 48.6. The number of amides is 1. The third-order valence-electron chi connectivity index (χ3n) is 7.82. The van der Waals surface area contributed by atoms with Gasteiger partial charge in [-0.1, -0.05) is 13.8 Å². The topological polar surface area (TPSA) is 125 Å². The minimum Gasteiger partial charge on any atom is -0.459 e. The van der Waals surface area contributed by atoms with Gasteiger partial charge in [-0.15, -0.1) is 0 Å². The first-order chi connectivity index (χ1) is 17.3. The number of nitrogens with zero attached hydrogens (tertiary/aromatic N) is 2. The van der Waals surface area contributed by atoms with Crippen molar-refractivity contribution in [3.63, 3.8) is 0 Å². The number of fused-ring (bicyclic) bond motifs is 1. The molecule has 1 heterocycles. The Morgan fingerprint density at radius 1 is 1.19 bits per heavy atom. The van der Waals surface area contributed by atoms with Crippen LogP contribution >= 0.6 is 0 Å². The van der Waals surface area contributed by atoms with E-state index in [0.29, 0.717) is 62.0 Å². The molecule has 0 spiro atoms. The maximum Gasteiger partial charge on any atom is 0.435 e. The first kappa shape index (κ1) is 25.6. The number of carbonyl (C=O) groups is 2. The summed E-state index contributed by atoms with van der Waals surface area (Å²) in [7, 11) is 0. The summed E-state index contributed by atoms with van der Waals surface area (Å²) in [4.78, 5) is 24.6. The molecule has 200 valence electrons. The van der Waals surface area contributed by atoms with E-state index in [1.165, 1.54) is 10.7 Å². The number of aromatic nitrogens is 2. The number of alkyl halides is 3. The van der Waals surface area contributed by atoms with E-state index >= 15 is 0 Å². The Morgan fingerprint density at radius 2 is 1.92 bits per heavy atom. The van der Waals surface area contributed by atoms with Crippen molar-refractivity contribution < 1.29 is 27.5 Å². The van der Waals surface area contributed by atoms with Crippen molar-refractivity contribution in [1.82, 2.24) is 9.78 Å². The Kier molecular flexibility index (Phi) is 6.04. The van der Waals surface area contributed by atoms with Crippen LogP contribution in [0.3, 0.4) is 0 Å². The molecule has 5 N–H and O–H groups in total. The second-order valence-corrected chi connectivity index (χ2v) is 11.4. The van der Waals surface area contributed by atoms with Crippen LogP contribution in [0.25, 0.3) is 5.69 Å². The molecule has 3 aliphatic rings. The number of nitrogens with two attached hydrogens (primary N) is 2. The molecule has 0 saturated heterocycles. The average molecular weight is 520 g/mol. The molecule has 37 heavy (non-hydrogen) atoms. The SMILES string of the molecule is CC1(C)CCc2c(C(F)(F)F)nn(-c3ccc(C(N)=O)c(NC4CCCC4OC(=O)C4(N)CC4)c3)c2C1. The summed E-state index contributed by atoms with van der Waals surface area (Å²) in [6.07, 6.45) is -0.342. The first-order valence-corrected chi connectivity index (χ1v) is 12.7. The smallest absolute Gasteiger partial charge is 0.435 e. The normalized spacial score (nSPS) is 23.8. The molecule has 1 amide bonds. The number of rotatable bonds is 6. The lowest BCUT2D eigenvalue weighted by molar-refractivity contribution is -0.152. The van der Waals surface area contributed by atoms with Gasteiger partial charge in [-0.05, 0) is 75.0 Å². The molecule has 11 heteroatoms. The van der Waals surface area contributed by atoms with Gasteiger partial charge in [0.25, 0.3) is 5.91 Å². The van der Waals surface area contributed by atoms with Crippen LogP contribution in [0.15, 0.2) is 18.2 Å². The second kappa shape index (κ2) is 8.75. The van der Waals surface area contributed by atoms with Crippen molar-refractivity contribution >= 4 is 17.6 Å². The van der Waals surface area contributed by atoms with Crippen LogP contribution < -0.4 is 16.8 Å². The number of nitrogens with one attached hydrogen (secondary N) is 1. The molecule has 2 atom stereocenters. The zero-order valence-electron chi connectivity index (χ0n) is 21.0. The fourth-order valence-electron chi connectivity index (χ4n) is 5.40. The summed E-state index contributed by atoms with van der Waals surface area (Å²) in [5, 5.41) is 7.28. The molecule has 2 saturated carbocycles. The Balaban J connectivity index is 1.49. The highest BCUT2D eigenvalue weighted by Gasteiger charge is 2.49. The van der Waals surface area contributed by atoms with Crippen molar-refractivity contribution in [2.75, 3.05) is 5.32 Å². The van der Waals surface area contributed by atoms with Crippen LogP contribution in [0, 0.1) is 5.41 Å². The van der Waals surface area contributed by atoms with Crippen molar-refractivity contribution in [2.24, 2.45) is 16.9 Å². The molecule has 5 rings (SSSR count). The first-order valence-electron chi connectivity index (χ1n) is 12.7. The van der Waals surface area contributed by atoms with Gasteiger partial charge in [0.1, 0.15) is 11.6 Å². The van der Waals surface area contributed by atoms with E-state index in [9.17, 15) is 22.8 Å². The quantitative estimate of drug-likeness (QED) is 0.498. The predicted octanol–water partition coefficient (Wildman–Crippen LogP) is 3.87. The lowest BCUT2D eigenvalue weighted by Gasteiger charge is -2.30. The highest BCUT2D eigenvalue weighted by Crippen LogP contribution is 2.42. The lowest BCUT2D eigenvalue weighted by Crippen LogP contribution is -2.41. The van der Waals surface area contributed by atoms with Gasteiger partial charge >= 0.3 is 12.1 Å². The Morgan fingerprint density at radius 3 is 2.57 bits per heavy atom. The van der Waals surface area contributed by atoms with Crippen molar-refractivity contribution in [2.45, 2.75) is 89.1 Å². The van der Waals surface area contributed by atoms with Gasteiger partial charge < -0.3 is 21.5 Å². The summed E-state index contributed by atoms with van der Waals surface area (Å²) in [6.45, 7) is 4.05. The monoisotopic (exact) mass is 519 g/mol. The number of hydrogen-bond acceptors (Lipinski definition) is 6. The van der Waals surface area contributed by atoms with Gasteiger partial charge in [0.15, 0.2) is 5.69 Å². The summed E-state index contributed by atoms with van der Waals surface area (Å²) >= 11 is 0. The molecular formula is C26H32F3N5O3. The molecule has 2 unspecified atom stereocenters. The van der Waals surface area contributed by atoms with Gasteiger partial charge in [0.05, 0.1) is 17.3 Å². The molecule has 0 radical (unpaired) electrons. The Bertz CT molecular complexity index is 1250. The van der Waals surface area contributed by atoms with Crippen LogP contribution in [0.2, 0.25) is 0 Å². The number of primary amides is 1. The van der Waals surface area contributed by atoms with Crippen molar-refractivity contribution in [1.29, 1.82) is 0 Å². The molecule has 2 aromatic rings. The number of anilines is 1. The number of halogens is 3. The van der Waals surface area contributed by atoms with Crippen LogP contribution in [-0.2, 0) is 28.5 Å². The summed E-state index contributed by atoms with van der Waals surface area (Å²) in [6, 6.07) is 4.34. The number of hydrogen-bond donors (Lipinski definition) is 3. The second-order valence-electron chi connectivity index (χ2n) is 11.4. The Labute approximate surface area is 212 Å². The molecule has 0 bridgehead atoms. The fraction of sp³-hybridized carbons (Fsp3) is 0.577. The predicted molar refractivity (Wildman–Crippen MR) is 130 cm³/mol. The third-order valence-corrected chi connectivity index (χ3v) is 7.82. The fourth-order valence-corrected chi connectivity index (χ4v) is 5.40. The zero-order chi connectivity index (χ0) is 26.8. The van der Waals surface area contributed by atoms with E-state index in [0.717, 1.165) is 6.42 Å². The number of benzene rings is 1. The van der Waals surface area contributed by atoms with E-state index in [-0.39, 0.29) is 22.6 Å². The van der Waals surface area contributed by atoms with Gasteiger partial charge in [-0.25, -0.2) is 4.68 Å². The van der Waals surface area contributed by atoms with Crippen molar-refractivity contribution in [3.8, 4) is 5.69 Å². The van der Waals surface area contributed by atoms with Crippen molar-refractivity contribution in [3.05, 3.63) is 40.7 Å².